The van der Waals surface area contributed by atoms with Crippen LogP contribution in [0.15, 0.2) is 34.9 Å². The van der Waals surface area contributed by atoms with Crippen LogP contribution < -0.4 is 15.4 Å². The molecular weight excluding hydrogens is 464 g/mol. The molecule has 5 rings (SSSR count). The van der Waals surface area contributed by atoms with Gasteiger partial charge in [-0.05, 0) is 50.1 Å². The zero-order chi connectivity index (χ0) is 23.7. The van der Waals surface area contributed by atoms with Crippen LogP contribution in [0.3, 0.4) is 0 Å². The quantitative estimate of drug-likeness (QED) is 0.361. The number of nitrogens with zero attached hydrogens (tertiary/aromatic N) is 2. The minimum absolute atomic E-state index is 0.0212. The second kappa shape index (κ2) is 9.21. The molecular formula is C23H23ClN4O6. The molecule has 1 aliphatic carbocycles. The summed E-state index contributed by atoms with van der Waals surface area (Å²) >= 11 is 5.99. The van der Waals surface area contributed by atoms with E-state index in [1.54, 1.807) is 18.3 Å². The molecule has 2 N–H and O–H groups in total. The summed E-state index contributed by atoms with van der Waals surface area (Å²) in [5.74, 6) is -1.28. The molecule has 178 valence electrons. The summed E-state index contributed by atoms with van der Waals surface area (Å²) in [5, 5.41) is 6.66. The second-order valence-electron chi connectivity index (χ2n) is 8.22. The molecule has 0 spiro atoms. The number of ether oxygens (including phenoxy) is 3. The van der Waals surface area contributed by atoms with Crippen LogP contribution in [0.4, 0.5) is 6.01 Å². The van der Waals surface area contributed by atoms with Crippen LogP contribution in [-0.2, 0) is 20.8 Å². The van der Waals surface area contributed by atoms with Gasteiger partial charge in [-0.15, -0.1) is 0 Å². The Bertz CT molecular complexity index is 1240. The summed E-state index contributed by atoms with van der Waals surface area (Å²) in [4.78, 5) is 34.3. The van der Waals surface area contributed by atoms with Crippen molar-refractivity contribution in [3.8, 4) is 5.75 Å². The van der Waals surface area contributed by atoms with Gasteiger partial charge in [-0.2, -0.15) is 4.98 Å². The molecule has 10 nitrogen and oxygen atoms in total. The minimum atomic E-state index is -1.27. The van der Waals surface area contributed by atoms with Gasteiger partial charge in [-0.1, -0.05) is 11.6 Å². The maximum Gasteiger partial charge on any atom is 0.361 e. The van der Waals surface area contributed by atoms with Crippen LogP contribution in [0.5, 0.6) is 5.75 Å². The summed E-state index contributed by atoms with van der Waals surface area (Å²) in [6.07, 6.45) is 4.64. The Labute approximate surface area is 199 Å². The molecule has 2 aromatic heterocycles. The Morgan fingerprint density at radius 2 is 2.18 bits per heavy atom. The minimum Gasteiger partial charge on any atom is -0.493 e. The van der Waals surface area contributed by atoms with Crippen LogP contribution in [0.25, 0.3) is 11.1 Å². The number of nitrogens with one attached hydrogen (secondary N) is 2. The molecule has 34 heavy (non-hydrogen) atoms. The molecule has 1 aliphatic heterocycles. The molecule has 1 saturated heterocycles. The van der Waals surface area contributed by atoms with Crippen molar-refractivity contribution in [2.24, 2.45) is 0 Å². The molecule has 2 aliphatic rings. The van der Waals surface area contributed by atoms with Gasteiger partial charge in [0.1, 0.15) is 5.52 Å². The smallest absolute Gasteiger partial charge is 0.361 e. The number of halogens is 1. The number of oxazole rings is 1. The molecule has 0 unspecified atom stereocenters. The standard InChI is InChI=1S/C23H23ClN4O6/c1-31-18-10-13(20(29)33-21(30)23(6-2-7-27-23)34-16-3-4-16)9-17-19(18)32-22(28-17)26-12-15-11-14(24)5-8-25-15/h5,8-11,16,27H,2-4,6-7,12H2,1H3,(H,26,28)/t23-/m1/s1. The fourth-order valence-electron chi connectivity index (χ4n) is 3.79. The summed E-state index contributed by atoms with van der Waals surface area (Å²) in [7, 11) is 1.45. The van der Waals surface area contributed by atoms with Crippen LogP contribution in [0.2, 0.25) is 5.02 Å². The lowest BCUT2D eigenvalue weighted by atomic mass is 10.1. The molecule has 11 heteroatoms. The lowest BCUT2D eigenvalue weighted by molar-refractivity contribution is -0.171. The Kier molecular flexibility index (Phi) is 6.11. The summed E-state index contributed by atoms with van der Waals surface area (Å²) in [5.41, 5.74) is 0.242. The number of methoxy groups -OCH3 is 1. The molecule has 0 radical (unpaired) electrons. The third kappa shape index (κ3) is 4.70. The molecule has 1 saturated carbocycles. The van der Waals surface area contributed by atoms with Gasteiger partial charge >= 0.3 is 11.9 Å². The zero-order valence-corrected chi connectivity index (χ0v) is 19.2. The summed E-state index contributed by atoms with van der Waals surface area (Å²) in [6.45, 7) is 0.949. The van der Waals surface area contributed by atoms with Gasteiger partial charge in [-0.25, -0.2) is 9.59 Å². The summed E-state index contributed by atoms with van der Waals surface area (Å²) in [6, 6.07) is 6.55. The van der Waals surface area contributed by atoms with E-state index in [0.717, 1.165) is 19.3 Å². The fourth-order valence-corrected chi connectivity index (χ4v) is 3.98. The van der Waals surface area contributed by atoms with E-state index in [-0.39, 0.29) is 23.4 Å². The van der Waals surface area contributed by atoms with Crippen molar-refractivity contribution in [3.63, 3.8) is 0 Å². The number of anilines is 1. The van der Waals surface area contributed by atoms with Gasteiger partial charge in [0.25, 0.3) is 6.01 Å². The first-order valence-corrected chi connectivity index (χ1v) is 11.4. The number of hydrogen-bond acceptors (Lipinski definition) is 10. The van der Waals surface area contributed by atoms with Crippen molar-refractivity contribution >= 4 is 40.7 Å². The molecule has 3 aromatic rings. The molecule has 1 atom stereocenters. The number of aromatic nitrogens is 2. The average molecular weight is 487 g/mol. The number of benzene rings is 1. The van der Waals surface area contributed by atoms with E-state index < -0.39 is 17.7 Å². The van der Waals surface area contributed by atoms with E-state index >= 15 is 0 Å². The zero-order valence-electron chi connectivity index (χ0n) is 18.4. The number of fused-ring (bicyclic) bond motifs is 1. The fraction of sp³-hybridized carbons (Fsp3) is 0.391. The number of carbonyl (C=O) groups is 2. The van der Waals surface area contributed by atoms with E-state index in [0.29, 0.717) is 41.3 Å². The number of esters is 2. The van der Waals surface area contributed by atoms with Crippen molar-refractivity contribution in [2.75, 3.05) is 19.0 Å². The number of pyridine rings is 1. The maximum absolute atomic E-state index is 12.9. The first-order valence-electron chi connectivity index (χ1n) is 11.0. The molecule has 2 fully saturated rings. The lowest BCUT2D eigenvalue weighted by Crippen LogP contribution is -2.52. The average Bonchev–Trinajstić information content (AvgIpc) is 3.33. The van der Waals surface area contributed by atoms with E-state index in [1.807, 2.05) is 0 Å². The number of carbonyl (C=O) groups excluding carboxylic acids is 2. The Balaban J connectivity index is 1.33. The Hall–Kier alpha value is -3.21. The van der Waals surface area contributed by atoms with Crippen molar-refractivity contribution in [2.45, 2.75) is 44.1 Å². The van der Waals surface area contributed by atoms with Gasteiger partial charge < -0.3 is 23.9 Å². The van der Waals surface area contributed by atoms with E-state index in [9.17, 15) is 9.59 Å². The highest BCUT2D eigenvalue weighted by Gasteiger charge is 2.48. The number of hydrogen-bond donors (Lipinski definition) is 2. The molecule has 0 bridgehead atoms. The molecule has 3 heterocycles. The second-order valence-corrected chi connectivity index (χ2v) is 8.65. The van der Waals surface area contributed by atoms with Crippen molar-refractivity contribution in [3.05, 3.63) is 46.7 Å². The normalized spacial score (nSPS) is 19.8. The molecule has 1 aromatic carbocycles. The van der Waals surface area contributed by atoms with Crippen molar-refractivity contribution in [1.29, 1.82) is 0 Å². The molecule has 0 amide bonds. The largest absolute Gasteiger partial charge is 0.493 e. The van der Waals surface area contributed by atoms with E-state index in [4.69, 9.17) is 30.2 Å². The van der Waals surface area contributed by atoms with Gasteiger partial charge in [-0.3, -0.25) is 10.3 Å². The predicted octanol–water partition coefficient (Wildman–Crippen LogP) is 3.44. The third-order valence-electron chi connectivity index (χ3n) is 5.63. The Morgan fingerprint density at radius 1 is 1.32 bits per heavy atom. The SMILES string of the molecule is COc1cc(C(=O)OC(=O)[C@]2(OC3CC3)CCCN2)cc2nc(NCc3cc(Cl)ccn3)oc12. The highest BCUT2D eigenvalue weighted by molar-refractivity contribution is 6.30. The predicted molar refractivity (Wildman–Crippen MR) is 122 cm³/mol. The van der Waals surface area contributed by atoms with Crippen LogP contribution in [-0.4, -0.2) is 47.4 Å². The third-order valence-corrected chi connectivity index (χ3v) is 5.87. The van der Waals surface area contributed by atoms with Crippen molar-refractivity contribution < 1.29 is 28.2 Å². The number of rotatable bonds is 8. The highest BCUT2D eigenvalue weighted by atomic mass is 35.5. The van der Waals surface area contributed by atoms with E-state index in [1.165, 1.54) is 19.2 Å². The van der Waals surface area contributed by atoms with Gasteiger partial charge in [0.15, 0.2) is 11.3 Å². The van der Waals surface area contributed by atoms with Gasteiger partial charge in [0.2, 0.25) is 5.72 Å². The topological polar surface area (TPSA) is 125 Å². The first-order chi connectivity index (χ1) is 16.5. The van der Waals surface area contributed by atoms with Crippen LogP contribution in [0, 0.1) is 0 Å². The van der Waals surface area contributed by atoms with Crippen molar-refractivity contribution in [1.82, 2.24) is 15.3 Å². The highest BCUT2D eigenvalue weighted by Crippen LogP contribution is 2.34. The maximum atomic E-state index is 12.9. The lowest BCUT2D eigenvalue weighted by Gasteiger charge is -2.26. The van der Waals surface area contributed by atoms with E-state index in [2.05, 4.69) is 20.6 Å². The van der Waals surface area contributed by atoms with Crippen LogP contribution in [0.1, 0.15) is 41.7 Å². The summed E-state index contributed by atoms with van der Waals surface area (Å²) < 4.78 is 22.2. The van der Waals surface area contributed by atoms with Crippen LogP contribution >= 0.6 is 11.6 Å². The van der Waals surface area contributed by atoms with Gasteiger partial charge in [0, 0.05) is 17.6 Å². The first kappa shape index (κ1) is 22.6. The van der Waals surface area contributed by atoms with Gasteiger partial charge in [0.05, 0.1) is 31.0 Å². The Morgan fingerprint density at radius 3 is 2.88 bits per heavy atom. The monoisotopic (exact) mass is 486 g/mol.